The number of anilines is 2. The lowest BCUT2D eigenvalue weighted by Gasteiger charge is -2.28. The van der Waals surface area contributed by atoms with Crippen LogP contribution in [0.15, 0.2) is 49.1 Å². The minimum absolute atomic E-state index is 0.683. The molecule has 10 nitrogen and oxygen atoms in total. The Balaban J connectivity index is 0.000000173. The molecule has 13 heteroatoms. The van der Waals surface area contributed by atoms with Crippen LogP contribution in [-0.4, -0.2) is 87.0 Å². The van der Waals surface area contributed by atoms with Crippen LogP contribution in [0.3, 0.4) is 0 Å². The second-order valence-corrected chi connectivity index (χ2v) is 11.5. The van der Waals surface area contributed by atoms with Gasteiger partial charge in [0.2, 0.25) is 0 Å². The maximum atomic E-state index is 6.23. The van der Waals surface area contributed by atoms with Gasteiger partial charge >= 0.3 is 0 Å². The van der Waals surface area contributed by atoms with Gasteiger partial charge < -0.3 is 19.3 Å². The second kappa shape index (κ2) is 16.3. The molecule has 2 fully saturated rings. The summed E-state index contributed by atoms with van der Waals surface area (Å²) in [7, 11) is 0. The van der Waals surface area contributed by atoms with E-state index in [4.69, 9.17) is 37.7 Å². The molecule has 6 rings (SSSR count). The second-order valence-electron chi connectivity index (χ2n) is 9.10. The molecule has 41 heavy (non-hydrogen) atoms. The molecule has 4 aromatic heterocycles. The Morgan fingerprint density at radius 3 is 1.76 bits per heavy atom. The van der Waals surface area contributed by atoms with E-state index in [1.807, 2.05) is 47.5 Å². The number of aromatic nitrogens is 6. The van der Waals surface area contributed by atoms with Crippen LogP contribution >= 0.6 is 45.8 Å². The molecule has 2 saturated heterocycles. The number of nitrogens with zero attached hydrogens (tertiary/aromatic N) is 7. The minimum atomic E-state index is 0.683. The number of aryl methyl sites for hydroxylation is 1. The van der Waals surface area contributed by atoms with E-state index in [2.05, 4.69) is 66.5 Å². The third kappa shape index (κ3) is 9.27. The van der Waals surface area contributed by atoms with E-state index in [0.717, 1.165) is 93.3 Å². The van der Waals surface area contributed by atoms with Crippen molar-refractivity contribution in [1.82, 2.24) is 29.9 Å². The number of ether oxygens (including phenoxy) is 2. The molecule has 6 heterocycles. The van der Waals surface area contributed by atoms with Gasteiger partial charge in [0.15, 0.2) is 0 Å². The lowest BCUT2D eigenvalue weighted by atomic mass is 10.2. The molecule has 0 atom stereocenters. The van der Waals surface area contributed by atoms with Gasteiger partial charge in [-0.2, -0.15) is 10.2 Å². The molecule has 0 radical (unpaired) electrons. The van der Waals surface area contributed by atoms with Crippen LogP contribution in [-0.2, 0) is 16.0 Å². The first-order chi connectivity index (χ1) is 20.0. The highest BCUT2D eigenvalue weighted by atomic mass is 127. The number of aromatic amines is 1. The highest BCUT2D eigenvalue weighted by Gasteiger charge is 2.16. The van der Waals surface area contributed by atoms with Crippen molar-refractivity contribution in [2.24, 2.45) is 0 Å². The number of alkyl halides is 1. The third-order valence-corrected chi connectivity index (χ3v) is 6.71. The van der Waals surface area contributed by atoms with E-state index in [1.165, 1.54) is 4.43 Å². The van der Waals surface area contributed by atoms with Crippen LogP contribution in [0.25, 0.3) is 22.5 Å². The van der Waals surface area contributed by atoms with Crippen LogP contribution in [0.4, 0.5) is 11.6 Å². The normalized spacial score (nSPS) is 15.0. The van der Waals surface area contributed by atoms with Crippen LogP contribution < -0.4 is 9.80 Å². The molecule has 0 aliphatic carbocycles. The first-order valence-electron chi connectivity index (χ1n) is 13.6. The summed E-state index contributed by atoms with van der Waals surface area (Å²) in [6.07, 6.45) is 7.36. The number of pyridine rings is 2. The highest BCUT2D eigenvalue weighted by molar-refractivity contribution is 14.1. The van der Waals surface area contributed by atoms with Crippen molar-refractivity contribution in [2.75, 3.05) is 66.8 Å². The third-order valence-electron chi connectivity index (χ3n) is 6.27. The lowest BCUT2D eigenvalue weighted by Crippen LogP contribution is -2.36. The molecular formula is C28H35Cl2IN8O2. The predicted octanol–water partition coefficient (Wildman–Crippen LogP) is 5.86. The molecule has 4 aromatic rings. The van der Waals surface area contributed by atoms with Crippen LogP contribution in [0.5, 0.6) is 0 Å². The van der Waals surface area contributed by atoms with Gasteiger partial charge in [0, 0.05) is 66.3 Å². The van der Waals surface area contributed by atoms with E-state index in [1.54, 1.807) is 6.20 Å². The number of morpholine rings is 2. The van der Waals surface area contributed by atoms with E-state index in [9.17, 15) is 0 Å². The lowest BCUT2D eigenvalue weighted by molar-refractivity contribution is 0.122. The molecule has 0 amide bonds. The van der Waals surface area contributed by atoms with Gasteiger partial charge in [-0.3, -0.25) is 9.78 Å². The fourth-order valence-corrected chi connectivity index (χ4v) is 4.63. The summed E-state index contributed by atoms with van der Waals surface area (Å²) in [6, 6.07) is 7.51. The van der Waals surface area contributed by atoms with Crippen molar-refractivity contribution < 1.29 is 9.47 Å². The summed E-state index contributed by atoms with van der Waals surface area (Å²) in [5.41, 5.74) is 3.62. The maximum Gasteiger partial charge on any atom is 0.130 e. The average Bonchev–Trinajstić information content (AvgIpc) is 3.72. The number of H-pyrrole nitrogens is 1. The van der Waals surface area contributed by atoms with Crippen molar-refractivity contribution in [2.45, 2.75) is 20.4 Å². The molecule has 0 saturated carbocycles. The topological polar surface area (TPSA) is 97.2 Å². The molecule has 2 aliphatic rings. The van der Waals surface area contributed by atoms with Crippen LogP contribution in [0, 0.1) is 0 Å². The van der Waals surface area contributed by atoms with E-state index in [0.29, 0.717) is 10.0 Å². The Bertz CT molecular complexity index is 1340. The molecular weight excluding hydrogens is 678 g/mol. The van der Waals surface area contributed by atoms with Gasteiger partial charge in [0.25, 0.3) is 0 Å². The summed E-state index contributed by atoms with van der Waals surface area (Å²) < 4.78 is 13.8. The highest BCUT2D eigenvalue weighted by Crippen LogP contribution is 2.27. The SMILES string of the molecule is CCI.CCn1cc(-c2cc(Cl)cc(N3CCOCC3)n2)cn1.Clc1cc(-c2cn[nH]c2)nc(N2CCOCC2)c1. The van der Waals surface area contributed by atoms with Crippen molar-refractivity contribution in [3.63, 3.8) is 0 Å². The van der Waals surface area contributed by atoms with Crippen molar-refractivity contribution >= 4 is 57.4 Å². The van der Waals surface area contributed by atoms with Gasteiger partial charge in [0.1, 0.15) is 11.6 Å². The first kappa shape index (κ1) is 31.5. The van der Waals surface area contributed by atoms with Gasteiger partial charge in [0.05, 0.1) is 50.2 Å². The summed E-state index contributed by atoms with van der Waals surface area (Å²) in [4.78, 5) is 13.7. The van der Waals surface area contributed by atoms with Gasteiger partial charge in [-0.15, -0.1) is 0 Å². The van der Waals surface area contributed by atoms with Crippen LogP contribution in [0.2, 0.25) is 10.0 Å². The summed E-state index contributed by atoms with van der Waals surface area (Å²) in [6.45, 7) is 11.3. The Morgan fingerprint density at radius 2 is 1.32 bits per heavy atom. The molecule has 1 N–H and O–H groups in total. The summed E-state index contributed by atoms with van der Waals surface area (Å²) in [5.74, 6) is 1.79. The van der Waals surface area contributed by atoms with Gasteiger partial charge in [-0.05, 0) is 35.6 Å². The molecule has 220 valence electrons. The van der Waals surface area contributed by atoms with E-state index in [-0.39, 0.29) is 0 Å². The fourth-order valence-electron chi connectivity index (χ4n) is 4.23. The number of hydrogen-bond acceptors (Lipinski definition) is 8. The van der Waals surface area contributed by atoms with Crippen molar-refractivity contribution in [3.8, 4) is 22.5 Å². The van der Waals surface area contributed by atoms with Gasteiger partial charge in [-0.1, -0.05) is 52.7 Å². The molecule has 2 aliphatic heterocycles. The zero-order valence-electron chi connectivity index (χ0n) is 23.3. The Kier molecular flexibility index (Phi) is 12.5. The largest absolute Gasteiger partial charge is 0.378 e. The Hall–Kier alpha value is -2.45. The number of nitrogens with one attached hydrogen (secondary N) is 1. The maximum absolute atomic E-state index is 6.23. The molecule has 0 bridgehead atoms. The number of hydrogen-bond donors (Lipinski definition) is 1. The zero-order chi connectivity index (χ0) is 29.0. The number of rotatable bonds is 5. The Morgan fingerprint density at radius 1 is 0.805 bits per heavy atom. The van der Waals surface area contributed by atoms with Crippen molar-refractivity contribution in [1.29, 1.82) is 0 Å². The monoisotopic (exact) mass is 712 g/mol. The number of halogens is 3. The Labute approximate surface area is 264 Å². The van der Waals surface area contributed by atoms with Crippen molar-refractivity contribution in [3.05, 3.63) is 59.1 Å². The van der Waals surface area contributed by atoms with Gasteiger partial charge in [-0.25, -0.2) is 9.97 Å². The summed E-state index contributed by atoms with van der Waals surface area (Å²) in [5, 5.41) is 12.4. The van der Waals surface area contributed by atoms with Crippen LogP contribution in [0.1, 0.15) is 13.8 Å². The molecule has 0 aromatic carbocycles. The standard InChI is InChI=1S/C14H17ClN4O.C12H13ClN4O.C2H5I/c1-2-19-10-11(9-16-19)13-7-12(15)8-14(17-13)18-3-5-20-6-4-18;13-10-5-11(9-7-14-15-8-9)16-12(6-10)17-1-3-18-4-2-17;1-2-3/h7-10H,2-6H2,1H3;5-8H,1-4H2,(H,14,15);2H2,1H3. The zero-order valence-corrected chi connectivity index (χ0v) is 26.9. The summed E-state index contributed by atoms with van der Waals surface area (Å²) >= 11 is 14.7. The minimum Gasteiger partial charge on any atom is -0.378 e. The predicted molar refractivity (Wildman–Crippen MR) is 174 cm³/mol. The smallest absolute Gasteiger partial charge is 0.130 e. The van der Waals surface area contributed by atoms with E-state index < -0.39 is 0 Å². The first-order valence-corrected chi connectivity index (χ1v) is 15.9. The quantitative estimate of drug-likeness (QED) is 0.203. The average molecular weight is 713 g/mol. The molecule has 0 spiro atoms. The fraction of sp³-hybridized carbons (Fsp3) is 0.429. The van der Waals surface area contributed by atoms with E-state index >= 15 is 0 Å². The molecule has 0 unspecified atom stereocenters.